The number of benzene rings is 1. The molecule has 2 heterocycles. The third kappa shape index (κ3) is 3.46. The standard InChI is InChI=1S/C16H19N3O3S/c1-3-19(11(2)20)16-18-13(9-23-16)8-17-7-12-5-4-6-14-15(12)22-10-21-14/h4-6,9,17H,3,7-8,10H2,1-2H3. The van der Waals surface area contributed by atoms with Crippen molar-refractivity contribution in [2.24, 2.45) is 0 Å². The minimum absolute atomic E-state index is 0.0124. The number of nitrogens with zero attached hydrogens (tertiary/aromatic N) is 2. The normalized spacial score (nSPS) is 12.4. The first-order valence-corrected chi connectivity index (χ1v) is 8.37. The summed E-state index contributed by atoms with van der Waals surface area (Å²) in [6.07, 6.45) is 0. The number of amides is 1. The van der Waals surface area contributed by atoms with Gasteiger partial charge < -0.3 is 14.8 Å². The van der Waals surface area contributed by atoms with Gasteiger partial charge in [-0.1, -0.05) is 12.1 Å². The zero-order valence-corrected chi connectivity index (χ0v) is 14.0. The van der Waals surface area contributed by atoms with E-state index in [1.165, 1.54) is 11.3 Å². The predicted octanol–water partition coefficient (Wildman–Crippen LogP) is 2.53. The number of hydrogen-bond acceptors (Lipinski definition) is 6. The molecule has 1 aromatic carbocycles. The fraction of sp³-hybridized carbons (Fsp3) is 0.375. The Morgan fingerprint density at radius 3 is 3.04 bits per heavy atom. The Kier molecular flexibility index (Phi) is 4.78. The number of thiazole rings is 1. The molecule has 0 fully saturated rings. The van der Waals surface area contributed by atoms with Crippen molar-refractivity contribution in [3.05, 3.63) is 34.8 Å². The molecule has 1 N–H and O–H groups in total. The van der Waals surface area contributed by atoms with Crippen LogP contribution in [0.5, 0.6) is 11.5 Å². The lowest BCUT2D eigenvalue weighted by Crippen LogP contribution is -2.27. The second-order valence-corrected chi connectivity index (χ2v) is 5.98. The van der Waals surface area contributed by atoms with Crippen LogP contribution in [-0.2, 0) is 17.9 Å². The second kappa shape index (κ2) is 6.97. The molecule has 1 aromatic heterocycles. The van der Waals surface area contributed by atoms with Gasteiger partial charge in [-0.25, -0.2) is 4.98 Å². The number of aromatic nitrogens is 1. The van der Waals surface area contributed by atoms with E-state index in [1.54, 1.807) is 11.8 Å². The van der Waals surface area contributed by atoms with Crippen LogP contribution in [0.4, 0.5) is 5.13 Å². The molecule has 7 heteroatoms. The number of fused-ring (bicyclic) bond motifs is 1. The molecule has 1 amide bonds. The van der Waals surface area contributed by atoms with Gasteiger partial charge in [0.2, 0.25) is 12.7 Å². The van der Waals surface area contributed by atoms with Gasteiger partial charge in [0.05, 0.1) is 5.69 Å². The minimum atomic E-state index is 0.0124. The highest BCUT2D eigenvalue weighted by Crippen LogP contribution is 2.35. The van der Waals surface area contributed by atoms with Gasteiger partial charge in [-0.2, -0.15) is 0 Å². The summed E-state index contributed by atoms with van der Waals surface area (Å²) in [6.45, 7) is 5.71. The van der Waals surface area contributed by atoms with E-state index in [1.807, 2.05) is 30.5 Å². The van der Waals surface area contributed by atoms with Crippen LogP contribution in [0.1, 0.15) is 25.1 Å². The Balaban J connectivity index is 1.59. The SMILES string of the molecule is CCN(C(C)=O)c1nc(CNCc2cccc3c2OCO3)cs1. The Labute approximate surface area is 139 Å². The molecule has 0 saturated carbocycles. The highest BCUT2D eigenvalue weighted by Gasteiger charge is 2.17. The Bertz CT molecular complexity index is 702. The van der Waals surface area contributed by atoms with E-state index >= 15 is 0 Å². The van der Waals surface area contributed by atoms with Crippen LogP contribution in [0, 0.1) is 0 Å². The van der Waals surface area contributed by atoms with Crippen molar-refractivity contribution in [3.63, 3.8) is 0 Å². The van der Waals surface area contributed by atoms with Crippen LogP contribution < -0.4 is 19.7 Å². The molecule has 1 aliphatic heterocycles. The molecule has 0 spiro atoms. The summed E-state index contributed by atoms with van der Waals surface area (Å²) in [5, 5.41) is 6.07. The van der Waals surface area contributed by atoms with Gasteiger partial charge in [-0.3, -0.25) is 9.69 Å². The van der Waals surface area contributed by atoms with E-state index in [-0.39, 0.29) is 12.7 Å². The van der Waals surface area contributed by atoms with Crippen molar-refractivity contribution in [2.75, 3.05) is 18.2 Å². The van der Waals surface area contributed by atoms with Crippen molar-refractivity contribution in [1.29, 1.82) is 0 Å². The summed E-state index contributed by atoms with van der Waals surface area (Å²) in [4.78, 5) is 17.7. The fourth-order valence-corrected chi connectivity index (χ4v) is 3.38. The topological polar surface area (TPSA) is 63.7 Å². The molecular weight excluding hydrogens is 314 g/mol. The van der Waals surface area contributed by atoms with Crippen molar-refractivity contribution >= 4 is 22.4 Å². The number of carbonyl (C=O) groups is 1. The van der Waals surface area contributed by atoms with Crippen LogP contribution in [0.2, 0.25) is 0 Å². The van der Waals surface area contributed by atoms with Gasteiger partial charge in [0, 0.05) is 37.5 Å². The number of carbonyl (C=O) groups excluding carboxylic acids is 1. The van der Waals surface area contributed by atoms with E-state index in [9.17, 15) is 4.79 Å². The van der Waals surface area contributed by atoms with Crippen LogP contribution in [0.15, 0.2) is 23.6 Å². The quantitative estimate of drug-likeness (QED) is 0.880. The van der Waals surface area contributed by atoms with Crippen LogP contribution in [0.3, 0.4) is 0 Å². The molecule has 6 nitrogen and oxygen atoms in total. The van der Waals surface area contributed by atoms with E-state index in [4.69, 9.17) is 9.47 Å². The summed E-state index contributed by atoms with van der Waals surface area (Å²) >= 11 is 1.49. The zero-order chi connectivity index (χ0) is 16.2. The van der Waals surface area contributed by atoms with E-state index < -0.39 is 0 Å². The molecule has 0 radical (unpaired) electrons. The molecular formula is C16H19N3O3S. The monoisotopic (exact) mass is 333 g/mol. The lowest BCUT2D eigenvalue weighted by Gasteiger charge is -2.14. The smallest absolute Gasteiger partial charge is 0.231 e. The number of rotatable bonds is 6. The van der Waals surface area contributed by atoms with E-state index in [2.05, 4.69) is 10.3 Å². The molecule has 0 bridgehead atoms. The zero-order valence-electron chi connectivity index (χ0n) is 13.2. The van der Waals surface area contributed by atoms with Crippen LogP contribution in [-0.4, -0.2) is 24.2 Å². The fourth-order valence-electron chi connectivity index (χ4n) is 2.45. The maximum absolute atomic E-state index is 11.5. The summed E-state index contributed by atoms with van der Waals surface area (Å²) < 4.78 is 10.9. The molecule has 0 atom stereocenters. The number of ether oxygens (including phenoxy) is 2. The van der Waals surface area contributed by atoms with E-state index in [0.717, 1.165) is 27.9 Å². The summed E-state index contributed by atoms with van der Waals surface area (Å²) in [6, 6.07) is 5.87. The third-order valence-corrected chi connectivity index (χ3v) is 4.48. The first-order chi connectivity index (χ1) is 11.2. The lowest BCUT2D eigenvalue weighted by atomic mass is 10.2. The first kappa shape index (κ1) is 15.8. The lowest BCUT2D eigenvalue weighted by molar-refractivity contribution is -0.116. The number of nitrogens with one attached hydrogen (secondary N) is 1. The maximum Gasteiger partial charge on any atom is 0.231 e. The molecule has 0 aliphatic carbocycles. The van der Waals surface area contributed by atoms with Crippen LogP contribution >= 0.6 is 11.3 Å². The number of para-hydroxylation sites is 1. The van der Waals surface area contributed by atoms with Crippen molar-refractivity contribution < 1.29 is 14.3 Å². The molecule has 0 saturated heterocycles. The third-order valence-electron chi connectivity index (χ3n) is 3.57. The number of hydrogen-bond donors (Lipinski definition) is 1. The summed E-state index contributed by atoms with van der Waals surface area (Å²) in [5.41, 5.74) is 1.99. The Morgan fingerprint density at radius 1 is 1.39 bits per heavy atom. The molecule has 23 heavy (non-hydrogen) atoms. The highest BCUT2D eigenvalue weighted by atomic mass is 32.1. The van der Waals surface area contributed by atoms with Gasteiger partial charge in [0.1, 0.15) is 0 Å². The molecule has 122 valence electrons. The average molecular weight is 333 g/mol. The maximum atomic E-state index is 11.5. The van der Waals surface area contributed by atoms with E-state index in [0.29, 0.717) is 19.6 Å². The minimum Gasteiger partial charge on any atom is -0.454 e. The molecule has 0 unspecified atom stereocenters. The summed E-state index contributed by atoms with van der Waals surface area (Å²) in [5.74, 6) is 1.62. The van der Waals surface area contributed by atoms with Crippen molar-refractivity contribution in [3.8, 4) is 11.5 Å². The second-order valence-electron chi connectivity index (χ2n) is 5.14. The Morgan fingerprint density at radius 2 is 2.26 bits per heavy atom. The van der Waals surface area contributed by atoms with Gasteiger partial charge in [-0.05, 0) is 13.0 Å². The Hall–Kier alpha value is -2.12. The van der Waals surface area contributed by atoms with Gasteiger partial charge in [0.25, 0.3) is 0 Å². The van der Waals surface area contributed by atoms with Crippen LogP contribution in [0.25, 0.3) is 0 Å². The predicted molar refractivity (Wildman–Crippen MR) is 88.9 cm³/mol. The van der Waals surface area contributed by atoms with Gasteiger partial charge in [-0.15, -0.1) is 11.3 Å². The highest BCUT2D eigenvalue weighted by molar-refractivity contribution is 7.14. The molecule has 3 rings (SSSR count). The first-order valence-electron chi connectivity index (χ1n) is 7.49. The van der Waals surface area contributed by atoms with Crippen molar-refractivity contribution in [1.82, 2.24) is 10.3 Å². The summed E-state index contributed by atoms with van der Waals surface area (Å²) in [7, 11) is 0. The molecule has 1 aliphatic rings. The van der Waals surface area contributed by atoms with Gasteiger partial charge >= 0.3 is 0 Å². The van der Waals surface area contributed by atoms with Crippen molar-refractivity contribution in [2.45, 2.75) is 26.9 Å². The number of anilines is 1. The molecule has 2 aromatic rings. The largest absolute Gasteiger partial charge is 0.454 e. The van der Waals surface area contributed by atoms with Gasteiger partial charge in [0.15, 0.2) is 16.6 Å². The average Bonchev–Trinajstić information content (AvgIpc) is 3.17.